The number of allylic oxidation sites excluding steroid dienone is 2. The SMILES string of the molecule is CC(C)/C=C(\N)C(C)(C)C. The van der Waals surface area contributed by atoms with E-state index < -0.39 is 0 Å². The van der Waals surface area contributed by atoms with Gasteiger partial charge < -0.3 is 5.73 Å². The fraction of sp³-hybridized carbons (Fsp3) is 0.778. The van der Waals surface area contributed by atoms with Gasteiger partial charge in [0.15, 0.2) is 0 Å². The summed E-state index contributed by atoms with van der Waals surface area (Å²) in [5.41, 5.74) is 6.93. The van der Waals surface area contributed by atoms with Crippen molar-refractivity contribution in [2.75, 3.05) is 0 Å². The zero-order chi connectivity index (χ0) is 8.36. The minimum Gasteiger partial charge on any atom is -0.402 e. The van der Waals surface area contributed by atoms with Crippen molar-refractivity contribution in [1.29, 1.82) is 0 Å². The van der Waals surface area contributed by atoms with Crippen LogP contribution in [0.25, 0.3) is 0 Å². The molecule has 0 spiro atoms. The second-order valence-electron chi connectivity index (χ2n) is 4.12. The topological polar surface area (TPSA) is 26.0 Å². The second kappa shape index (κ2) is 3.09. The van der Waals surface area contributed by atoms with Crippen molar-refractivity contribution >= 4 is 0 Å². The van der Waals surface area contributed by atoms with Crippen LogP contribution in [0.4, 0.5) is 0 Å². The van der Waals surface area contributed by atoms with Crippen molar-refractivity contribution in [3.05, 3.63) is 11.8 Å². The van der Waals surface area contributed by atoms with E-state index in [4.69, 9.17) is 5.73 Å². The molecule has 0 saturated carbocycles. The van der Waals surface area contributed by atoms with Crippen molar-refractivity contribution in [3.8, 4) is 0 Å². The largest absolute Gasteiger partial charge is 0.402 e. The van der Waals surface area contributed by atoms with E-state index in [0.29, 0.717) is 5.92 Å². The Hall–Kier alpha value is -0.460. The highest BCUT2D eigenvalue weighted by Crippen LogP contribution is 2.21. The molecule has 0 aromatic rings. The Kier molecular flexibility index (Phi) is 2.95. The summed E-state index contributed by atoms with van der Waals surface area (Å²) in [4.78, 5) is 0. The van der Waals surface area contributed by atoms with Crippen LogP contribution in [0.1, 0.15) is 34.6 Å². The zero-order valence-corrected chi connectivity index (χ0v) is 7.73. The highest BCUT2D eigenvalue weighted by Gasteiger charge is 2.13. The molecule has 0 aliphatic rings. The molecule has 0 saturated heterocycles. The van der Waals surface area contributed by atoms with Gasteiger partial charge in [-0.1, -0.05) is 40.7 Å². The highest BCUT2D eigenvalue weighted by atomic mass is 14.6. The zero-order valence-electron chi connectivity index (χ0n) is 7.73. The van der Waals surface area contributed by atoms with Crippen molar-refractivity contribution < 1.29 is 0 Å². The van der Waals surface area contributed by atoms with E-state index in [-0.39, 0.29) is 5.41 Å². The molecule has 1 nitrogen and oxygen atoms in total. The van der Waals surface area contributed by atoms with E-state index in [9.17, 15) is 0 Å². The maximum absolute atomic E-state index is 5.81. The summed E-state index contributed by atoms with van der Waals surface area (Å²) in [6.45, 7) is 10.7. The summed E-state index contributed by atoms with van der Waals surface area (Å²) < 4.78 is 0. The van der Waals surface area contributed by atoms with Gasteiger partial charge in [-0.25, -0.2) is 0 Å². The molecular weight excluding hydrogens is 122 g/mol. The first-order chi connectivity index (χ1) is 4.34. The lowest BCUT2D eigenvalue weighted by atomic mass is 9.90. The molecule has 0 rings (SSSR count). The van der Waals surface area contributed by atoms with Gasteiger partial charge in [0.1, 0.15) is 0 Å². The normalized spacial score (nSPS) is 14.4. The first kappa shape index (κ1) is 9.54. The van der Waals surface area contributed by atoms with Gasteiger partial charge in [0.25, 0.3) is 0 Å². The predicted octanol–water partition coefficient (Wildman–Crippen LogP) is 2.53. The number of hydrogen-bond acceptors (Lipinski definition) is 1. The highest BCUT2D eigenvalue weighted by molar-refractivity contribution is 5.06. The molecule has 0 unspecified atom stereocenters. The van der Waals surface area contributed by atoms with Gasteiger partial charge in [0, 0.05) is 11.1 Å². The van der Waals surface area contributed by atoms with Crippen LogP contribution in [0.2, 0.25) is 0 Å². The Labute approximate surface area is 64.3 Å². The van der Waals surface area contributed by atoms with Crippen LogP contribution in [0.5, 0.6) is 0 Å². The third-order valence-corrected chi connectivity index (χ3v) is 1.38. The summed E-state index contributed by atoms with van der Waals surface area (Å²) in [5, 5.41) is 0. The first-order valence-electron chi connectivity index (χ1n) is 3.82. The first-order valence-corrected chi connectivity index (χ1v) is 3.82. The Morgan fingerprint density at radius 3 is 1.80 bits per heavy atom. The lowest BCUT2D eigenvalue weighted by molar-refractivity contribution is 0.491. The fourth-order valence-corrected chi connectivity index (χ4v) is 0.609. The van der Waals surface area contributed by atoms with Gasteiger partial charge in [0.05, 0.1) is 0 Å². The number of rotatable bonds is 1. The smallest absolute Gasteiger partial charge is 0.00971 e. The third kappa shape index (κ3) is 3.54. The molecule has 10 heavy (non-hydrogen) atoms. The van der Waals surface area contributed by atoms with Crippen LogP contribution in [0.15, 0.2) is 11.8 Å². The molecule has 0 bridgehead atoms. The molecule has 0 atom stereocenters. The molecular formula is C9H19N. The van der Waals surface area contributed by atoms with Gasteiger partial charge >= 0.3 is 0 Å². The van der Waals surface area contributed by atoms with Crippen LogP contribution in [0, 0.1) is 11.3 Å². The molecule has 0 aromatic carbocycles. The standard InChI is InChI=1S/C9H19N/c1-7(2)6-8(10)9(3,4)5/h6-7H,10H2,1-5H3/b8-6-. The van der Waals surface area contributed by atoms with Crippen molar-refractivity contribution in [2.24, 2.45) is 17.1 Å². The molecule has 0 aliphatic carbocycles. The summed E-state index contributed by atoms with van der Waals surface area (Å²) in [5.74, 6) is 0.555. The fourth-order valence-electron chi connectivity index (χ4n) is 0.609. The van der Waals surface area contributed by atoms with Crippen LogP contribution in [-0.2, 0) is 0 Å². The van der Waals surface area contributed by atoms with Gasteiger partial charge in [-0.3, -0.25) is 0 Å². The molecule has 0 aliphatic heterocycles. The molecule has 0 fully saturated rings. The Bertz CT molecular complexity index is 126. The van der Waals surface area contributed by atoms with Gasteiger partial charge in [-0.2, -0.15) is 0 Å². The van der Waals surface area contributed by atoms with Gasteiger partial charge in [0.2, 0.25) is 0 Å². The maximum atomic E-state index is 5.81. The van der Waals surface area contributed by atoms with E-state index in [2.05, 4.69) is 40.7 Å². The average Bonchev–Trinajstić information content (AvgIpc) is 1.60. The molecule has 0 heterocycles. The van der Waals surface area contributed by atoms with Crippen LogP contribution in [-0.4, -0.2) is 0 Å². The quantitative estimate of drug-likeness (QED) is 0.596. The van der Waals surface area contributed by atoms with Gasteiger partial charge in [-0.05, 0) is 5.92 Å². The van der Waals surface area contributed by atoms with E-state index in [0.717, 1.165) is 5.70 Å². The van der Waals surface area contributed by atoms with E-state index in [1.165, 1.54) is 0 Å². The van der Waals surface area contributed by atoms with Crippen LogP contribution >= 0.6 is 0 Å². The van der Waals surface area contributed by atoms with E-state index >= 15 is 0 Å². The van der Waals surface area contributed by atoms with E-state index in [1.54, 1.807) is 0 Å². The van der Waals surface area contributed by atoms with Crippen molar-refractivity contribution in [3.63, 3.8) is 0 Å². The molecule has 1 heteroatoms. The number of nitrogens with two attached hydrogens (primary N) is 1. The number of hydrogen-bond donors (Lipinski definition) is 1. The second-order valence-corrected chi connectivity index (χ2v) is 4.12. The molecule has 2 N–H and O–H groups in total. The van der Waals surface area contributed by atoms with Crippen molar-refractivity contribution in [1.82, 2.24) is 0 Å². The minimum atomic E-state index is 0.129. The molecule has 0 aromatic heterocycles. The van der Waals surface area contributed by atoms with Crippen molar-refractivity contribution in [2.45, 2.75) is 34.6 Å². The minimum absolute atomic E-state index is 0.129. The average molecular weight is 141 g/mol. The van der Waals surface area contributed by atoms with Gasteiger partial charge in [-0.15, -0.1) is 0 Å². The molecule has 60 valence electrons. The van der Waals surface area contributed by atoms with E-state index in [1.807, 2.05) is 0 Å². The lowest BCUT2D eigenvalue weighted by Gasteiger charge is -2.19. The molecule has 0 amide bonds. The Morgan fingerprint density at radius 2 is 1.70 bits per heavy atom. The Morgan fingerprint density at radius 1 is 1.30 bits per heavy atom. The summed E-state index contributed by atoms with van der Waals surface area (Å²) in [6, 6.07) is 0. The lowest BCUT2D eigenvalue weighted by Crippen LogP contribution is -2.17. The predicted molar refractivity (Wildman–Crippen MR) is 46.6 cm³/mol. The summed E-state index contributed by atoms with van der Waals surface area (Å²) in [6.07, 6.45) is 2.11. The monoisotopic (exact) mass is 141 g/mol. The van der Waals surface area contributed by atoms with Crippen LogP contribution < -0.4 is 5.73 Å². The maximum Gasteiger partial charge on any atom is 0.00971 e. The Balaban J connectivity index is 4.20. The molecule has 0 radical (unpaired) electrons. The summed E-state index contributed by atoms with van der Waals surface area (Å²) >= 11 is 0. The van der Waals surface area contributed by atoms with Crippen LogP contribution in [0.3, 0.4) is 0 Å². The third-order valence-electron chi connectivity index (χ3n) is 1.38. The summed E-state index contributed by atoms with van der Waals surface area (Å²) in [7, 11) is 0.